The molecule has 1 saturated heterocycles. The lowest BCUT2D eigenvalue weighted by molar-refractivity contribution is 0.189. The number of nitrogens with zero attached hydrogens (tertiary/aromatic N) is 3. The molecule has 1 aliphatic rings. The highest BCUT2D eigenvalue weighted by Crippen LogP contribution is 2.27. The third-order valence-corrected chi connectivity index (χ3v) is 4.70. The first-order valence-electron chi connectivity index (χ1n) is 9.09. The van der Waals surface area contributed by atoms with Crippen molar-refractivity contribution in [3.8, 4) is 11.1 Å². The Morgan fingerprint density at radius 1 is 1.26 bits per heavy atom. The van der Waals surface area contributed by atoms with Gasteiger partial charge in [0.2, 0.25) is 0 Å². The second kappa shape index (κ2) is 7.67. The molecule has 2 amide bonds. The summed E-state index contributed by atoms with van der Waals surface area (Å²) in [7, 11) is 0. The van der Waals surface area contributed by atoms with Gasteiger partial charge in [0.1, 0.15) is 0 Å². The van der Waals surface area contributed by atoms with Gasteiger partial charge in [-0.2, -0.15) is 0 Å². The number of fused-ring (bicyclic) bond motifs is 1. The van der Waals surface area contributed by atoms with Gasteiger partial charge in [0.15, 0.2) is 5.82 Å². The van der Waals surface area contributed by atoms with Crippen molar-refractivity contribution in [2.75, 3.05) is 18.5 Å². The van der Waals surface area contributed by atoms with Gasteiger partial charge in [-0.1, -0.05) is 13.0 Å². The highest BCUT2D eigenvalue weighted by atomic mass is 16.5. The van der Waals surface area contributed by atoms with Gasteiger partial charge in [0, 0.05) is 30.0 Å². The van der Waals surface area contributed by atoms with Crippen LogP contribution in [0.1, 0.15) is 18.9 Å². The van der Waals surface area contributed by atoms with E-state index in [0.717, 1.165) is 34.9 Å². The number of carbonyl (C=O) groups excluding carboxylic acids is 1. The number of nitrogens with one attached hydrogen (secondary N) is 2. The summed E-state index contributed by atoms with van der Waals surface area (Å²) < 4.78 is 5.26. The van der Waals surface area contributed by atoms with Crippen LogP contribution in [0.2, 0.25) is 0 Å². The minimum atomic E-state index is -0.296. The van der Waals surface area contributed by atoms with Crippen LogP contribution in [-0.4, -0.2) is 40.5 Å². The molecule has 7 nitrogen and oxygen atoms in total. The number of pyridine rings is 1. The number of hydrogen-bond acceptors (Lipinski definition) is 5. The van der Waals surface area contributed by atoms with E-state index in [1.165, 1.54) is 5.56 Å². The molecule has 0 bridgehead atoms. The van der Waals surface area contributed by atoms with Gasteiger partial charge in [-0.25, -0.2) is 4.79 Å². The molecular weight excluding hydrogens is 342 g/mol. The standard InChI is InChI=1S/C20H21N5O2/c1-2-13-5-7-21-11-17(13)14-3-4-18-15(9-14)10-19(25-24-18)23-20(26)22-16-6-8-27-12-16/h3-5,7,9-11,16H,2,6,8,12H2,1H3,(H2,22,23,25,26). The zero-order valence-corrected chi connectivity index (χ0v) is 15.1. The van der Waals surface area contributed by atoms with Crippen molar-refractivity contribution in [1.82, 2.24) is 20.5 Å². The van der Waals surface area contributed by atoms with Crippen LogP contribution in [0.3, 0.4) is 0 Å². The summed E-state index contributed by atoms with van der Waals surface area (Å²) in [5, 5.41) is 14.8. The summed E-state index contributed by atoms with van der Waals surface area (Å²) in [5.41, 5.74) is 4.19. The predicted octanol–water partition coefficient (Wildman–Crippen LogP) is 3.16. The molecule has 0 aliphatic carbocycles. The minimum Gasteiger partial charge on any atom is -0.379 e. The topological polar surface area (TPSA) is 89.0 Å². The Morgan fingerprint density at radius 2 is 2.19 bits per heavy atom. The lowest BCUT2D eigenvalue weighted by atomic mass is 9.99. The monoisotopic (exact) mass is 363 g/mol. The van der Waals surface area contributed by atoms with Crippen LogP contribution < -0.4 is 10.6 Å². The average Bonchev–Trinajstić information content (AvgIpc) is 3.20. The van der Waals surface area contributed by atoms with Crippen LogP contribution in [0.5, 0.6) is 0 Å². The molecule has 4 rings (SSSR count). The summed E-state index contributed by atoms with van der Waals surface area (Å²) in [6.45, 7) is 3.35. The number of ether oxygens (including phenoxy) is 1. The van der Waals surface area contributed by atoms with E-state index in [2.05, 4.69) is 32.7 Å². The Kier molecular flexibility index (Phi) is 4.93. The molecule has 2 N–H and O–H groups in total. The van der Waals surface area contributed by atoms with E-state index in [1.54, 1.807) is 0 Å². The van der Waals surface area contributed by atoms with Crippen LogP contribution in [0.25, 0.3) is 22.0 Å². The van der Waals surface area contributed by atoms with Gasteiger partial charge in [-0.15, -0.1) is 10.2 Å². The van der Waals surface area contributed by atoms with Crippen molar-refractivity contribution >= 4 is 22.8 Å². The number of amides is 2. The van der Waals surface area contributed by atoms with E-state index >= 15 is 0 Å². The van der Waals surface area contributed by atoms with Crippen LogP contribution in [0, 0.1) is 0 Å². The highest BCUT2D eigenvalue weighted by Gasteiger charge is 2.18. The Balaban J connectivity index is 1.58. The van der Waals surface area contributed by atoms with Gasteiger partial charge >= 0.3 is 6.03 Å². The first-order chi connectivity index (χ1) is 13.2. The molecular formula is C20H21N5O2. The molecule has 7 heteroatoms. The highest BCUT2D eigenvalue weighted by molar-refractivity contribution is 5.92. The fraction of sp³-hybridized carbons (Fsp3) is 0.300. The molecule has 27 heavy (non-hydrogen) atoms. The van der Waals surface area contributed by atoms with Gasteiger partial charge in [-0.05, 0) is 48.2 Å². The molecule has 1 fully saturated rings. The van der Waals surface area contributed by atoms with Crippen molar-refractivity contribution in [2.45, 2.75) is 25.8 Å². The van der Waals surface area contributed by atoms with Gasteiger partial charge in [-0.3, -0.25) is 10.3 Å². The second-order valence-corrected chi connectivity index (χ2v) is 6.55. The van der Waals surface area contributed by atoms with Crippen molar-refractivity contribution in [1.29, 1.82) is 0 Å². The van der Waals surface area contributed by atoms with E-state index in [0.29, 0.717) is 19.0 Å². The number of rotatable bonds is 4. The molecule has 138 valence electrons. The van der Waals surface area contributed by atoms with Crippen LogP contribution in [0.4, 0.5) is 10.6 Å². The normalized spacial score (nSPS) is 16.4. The summed E-state index contributed by atoms with van der Waals surface area (Å²) in [4.78, 5) is 16.4. The second-order valence-electron chi connectivity index (χ2n) is 6.55. The van der Waals surface area contributed by atoms with Crippen molar-refractivity contribution in [3.63, 3.8) is 0 Å². The van der Waals surface area contributed by atoms with Crippen molar-refractivity contribution in [2.24, 2.45) is 0 Å². The van der Waals surface area contributed by atoms with Crippen LogP contribution >= 0.6 is 0 Å². The maximum Gasteiger partial charge on any atom is 0.320 e. The largest absolute Gasteiger partial charge is 0.379 e. The predicted molar refractivity (Wildman–Crippen MR) is 104 cm³/mol. The summed E-state index contributed by atoms with van der Waals surface area (Å²) in [5.74, 6) is 0.415. The number of anilines is 1. The van der Waals surface area contributed by atoms with Crippen LogP contribution in [-0.2, 0) is 11.2 Å². The lowest BCUT2D eigenvalue weighted by Crippen LogP contribution is -2.38. The number of aryl methyl sites for hydroxylation is 1. The molecule has 3 aromatic rings. The van der Waals surface area contributed by atoms with Crippen LogP contribution in [0.15, 0.2) is 42.7 Å². The summed E-state index contributed by atoms with van der Waals surface area (Å²) in [6.07, 6.45) is 5.45. The smallest absolute Gasteiger partial charge is 0.320 e. The Hall–Kier alpha value is -3.06. The van der Waals surface area contributed by atoms with Gasteiger partial charge < -0.3 is 10.1 Å². The van der Waals surface area contributed by atoms with Gasteiger partial charge in [0.05, 0.1) is 18.2 Å². The number of aromatic nitrogens is 3. The molecule has 0 spiro atoms. The number of benzene rings is 1. The van der Waals surface area contributed by atoms with E-state index in [4.69, 9.17) is 4.74 Å². The van der Waals surface area contributed by atoms with E-state index in [9.17, 15) is 4.79 Å². The maximum absolute atomic E-state index is 12.1. The molecule has 1 atom stereocenters. The summed E-state index contributed by atoms with van der Waals surface area (Å²) in [6, 6.07) is 9.62. The first-order valence-corrected chi connectivity index (χ1v) is 9.09. The Morgan fingerprint density at radius 3 is 3.00 bits per heavy atom. The van der Waals surface area contributed by atoms with E-state index in [-0.39, 0.29) is 12.1 Å². The molecule has 0 saturated carbocycles. The zero-order chi connectivity index (χ0) is 18.6. The quantitative estimate of drug-likeness (QED) is 0.743. The minimum absolute atomic E-state index is 0.0445. The van der Waals surface area contributed by atoms with Crippen molar-refractivity contribution < 1.29 is 9.53 Å². The SMILES string of the molecule is CCc1ccncc1-c1ccc2nnc(NC(=O)NC3CCOC3)cc2c1. The molecule has 0 radical (unpaired) electrons. The number of hydrogen-bond donors (Lipinski definition) is 2. The Bertz CT molecular complexity index is 969. The van der Waals surface area contributed by atoms with Crippen molar-refractivity contribution in [3.05, 3.63) is 48.3 Å². The first kappa shape index (κ1) is 17.4. The van der Waals surface area contributed by atoms with E-state index < -0.39 is 0 Å². The maximum atomic E-state index is 12.1. The Labute approximate surface area is 157 Å². The third kappa shape index (κ3) is 3.88. The number of urea groups is 1. The number of carbonyl (C=O) groups is 1. The fourth-order valence-corrected chi connectivity index (χ4v) is 3.25. The average molecular weight is 363 g/mol. The molecule has 1 aliphatic heterocycles. The molecule has 2 aromatic heterocycles. The molecule has 3 heterocycles. The molecule has 1 aromatic carbocycles. The third-order valence-electron chi connectivity index (χ3n) is 4.70. The fourth-order valence-electron chi connectivity index (χ4n) is 3.25. The lowest BCUT2D eigenvalue weighted by Gasteiger charge is -2.12. The van der Waals surface area contributed by atoms with Gasteiger partial charge in [0.25, 0.3) is 0 Å². The zero-order valence-electron chi connectivity index (χ0n) is 15.1. The summed E-state index contributed by atoms with van der Waals surface area (Å²) >= 11 is 0. The molecule has 1 unspecified atom stereocenters. The van der Waals surface area contributed by atoms with E-state index in [1.807, 2.05) is 42.7 Å².